The van der Waals surface area contributed by atoms with Gasteiger partial charge >= 0.3 is 0 Å². The number of para-hydroxylation sites is 4. The van der Waals surface area contributed by atoms with Gasteiger partial charge in [0.1, 0.15) is 0 Å². The number of fused-ring (bicyclic) bond motifs is 6. The topological polar surface area (TPSA) is 38.9 Å². The highest BCUT2D eigenvalue weighted by Crippen LogP contribution is 2.42. The van der Waals surface area contributed by atoms with Crippen molar-refractivity contribution in [3.63, 3.8) is 0 Å². The predicted molar refractivity (Wildman–Crippen MR) is 313 cm³/mol. The molecular formula is C70H47N5. The van der Waals surface area contributed by atoms with E-state index in [0.717, 1.165) is 89.8 Å². The first-order valence-electron chi connectivity index (χ1n) is 25.5. The van der Waals surface area contributed by atoms with Crippen molar-refractivity contribution in [3.8, 4) is 67.5 Å². The average Bonchev–Trinajstić information content (AvgIpc) is 4.00. The van der Waals surface area contributed by atoms with E-state index in [9.17, 15) is 0 Å². The molecule has 5 heteroatoms. The van der Waals surface area contributed by atoms with Crippen molar-refractivity contribution in [2.75, 3.05) is 4.90 Å². The quantitative estimate of drug-likeness (QED) is 0.137. The van der Waals surface area contributed by atoms with Crippen molar-refractivity contribution in [1.29, 1.82) is 0 Å². The molecule has 0 fully saturated rings. The van der Waals surface area contributed by atoms with Crippen molar-refractivity contribution in [2.45, 2.75) is 0 Å². The van der Waals surface area contributed by atoms with Crippen LogP contribution in [0.5, 0.6) is 0 Å². The molecule has 11 aromatic carbocycles. The maximum absolute atomic E-state index is 5.05. The molecule has 0 unspecified atom stereocenters. The fourth-order valence-corrected chi connectivity index (χ4v) is 10.9. The van der Waals surface area contributed by atoms with Crippen LogP contribution in [0.4, 0.5) is 17.1 Å². The molecule has 0 spiro atoms. The number of benzene rings is 11. The molecule has 0 aliphatic carbocycles. The zero-order valence-electron chi connectivity index (χ0n) is 40.9. The van der Waals surface area contributed by atoms with Crippen LogP contribution >= 0.6 is 0 Å². The van der Waals surface area contributed by atoms with E-state index in [0.29, 0.717) is 5.82 Å². The van der Waals surface area contributed by atoms with E-state index in [4.69, 9.17) is 9.97 Å². The summed E-state index contributed by atoms with van der Waals surface area (Å²) in [4.78, 5) is 12.4. The zero-order chi connectivity index (χ0) is 49.7. The Labute approximate surface area is 435 Å². The number of hydrogen-bond donors (Lipinski definition) is 0. The van der Waals surface area contributed by atoms with E-state index in [1.807, 2.05) is 36.4 Å². The first kappa shape index (κ1) is 43.7. The lowest BCUT2D eigenvalue weighted by Crippen LogP contribution is -2.09. The highest BCUT2D eigenvalue weighted by atomic mass is 15.1. The summed E-state index contributed by atoms with van der Waals surface area (Å²) in [5.41, 5.74) is 19.7. The van der Waals surface area contributed by atoms with Gasteiger partial charge in [0.05, 0.1) is 33.5 Å². The number of rotatable bonds is 10. The second-order valence-corrected chi connectivity index (χ2v) is 19.0. The fraction of sp³-hybridized carbons (Fsp3) is 0. The van der Waals surface area contributed by atoms with Crippen LogP contribution in [0.3, 0.4) is 0 Å². The van der Waals surface area contributed by atoms with Crippen LogP contribution in [0.15, 0.2) is 285 Å². The van der Waals surface area contributed by atoms with Crippen molar-refractivity contribution in [3.05, 3.63) is 285 Å². The molecule has 0 aliphatic rings. The van der Waals surface area contributed by atoms with Crippen LogP contribution in [0, 0.1) is 0 Å². The first-order valence-corrected chi connectivity index (χ1v) is 25.5. The van der Waals surface area contributed by atoms with E-state index in [2.05, 4.69) is 263 Å². The monoisotopic (exact) mass is 957 g/mol. The SMILES string of the molecule is c1ccc(-c2cc(-c3ccc(-c4ccc(-c5ccc(-n6c7ccc(N(c8ccccc8)c8ccccc8)cc7c7cc(-n8c9ccccc9c9ccccc98)ccc76)cc5)cc4)cc3)nc(-c3ccccc3)n2)cc1. The highest BCUT2D eigenvalue weighted by molar-refractivity contribution is 6.13. The summed E-state index contributed by atoms with van der Waals surface area (Å²) in [7, 11) is 0. The van der Waals surface area contributed by atoms with E-state index >= 15 is 0 Å². The molecule has 0 N–H and O–H groups in total. The summed E-state index contributed by atoms with van der Waals surface area (Å²) < 4.78 is 4.83. The van der Waals surface area contributed by atoms with Gasteiger partial charge in [0.15, 0.2) is 5.82 Å². The maximum atomic E-state index is 5.05. The van der Waals surface area contributed by atoms with Crippen LogP contribution in [-0.2, 0) is 0 Å². The van der Waals surface area contributed by atoms with Gasteiger partial charge in [-0.05, 0) is 113 Å². The molecule has 352 valence electrons. The Morgan fingerprint density at radius 2 is 0.613 bits per heavy atom. The third-order valence-corrected chi connectivity index (χ3v) is 14.5. The highest BCUT2D eigenvalue weighted by Gasteiger charge is 2.20. The molecule has 0 saturated carbocycles. The molecule has 0 aliphatic heterocycles. The van der Waals surface area contributed by atoms with E-state index < -0.39 is 0 Å². The summed E-state index contributed by atoms with van der Waals surface area (Å²) in [5.74, 6) is 0.712. The molecule has 0 amide bonds. The molecule has 5 nitrogen and oxygen atoms in total. The number of hydrogen-bond acceptors (Lipinski definition) is 3. The van der Waals surface area contributed by atoms with E-state index in [-0.39, 0.29) is 0 Å². The van der Waals surface area contributed by atoms with Gasteiger partial charge in [0, 0.05) is 66.7 Å². The predicted octanol–water partition coefficient (Wildman–Crippen LogP) is 18.5. The molecule has 14 aromatic rings. The molecule has 0 bridgehead atoms. The van der Waals surface area contributed by atoms with Gasteiger partial charge in [0.25, 0.3) is 0 Å². The molecule has 3 aromatic heterocycles. The van der Waals surface area contributed by atoms with Crippen LogP contribution in [0.1, 0.15) is 0 Å². The Bertz CT molecular complexity index is 4200. The van der Waals surface area contributed by atoms with Gasteiger partial charge in [-0.3, -0.25) is 0 Å². The normalized spacial score (nSPS) is 11.5. The van der Waals surface area contributed by atoms with E-state index in [1.54, 1.807) is 0 Å². The van der Waals surface area contributed by atoms with Crippen LogP contribution < -0.4 is 4.90 Å². The first-order chi connectivity index (χ1) is 37.2. The van der Waals surface area contributed by atoms with Gasteiger partial charge in [-0.1, -0.05) is 194 Å². The largest absolute Gasteiger partial charge is 0.310 e. The molecule has 14 rings (SSSR count). The van der Waals surface area contributed by atoms with Crippen molar-refractivity contribution >= 4 is 60.7 Å². The summed E-state index contributed by atoms with van der Waals surface area (Å²) in [5, 5.41) is 4.86. The van der Waals surface area contributed by atoms with Crippen LogP contribution in [-0.4, -0.2) is 19.1 Å². The molecule has 3 heterocycles. The van der Waals surface area contributed by atoms with E-state index in [1.165, 1.54) is 32.6 Å². The van der Waals surface area contributed by atoms with Crippen molar-refractivity contribution < 1.29 is 0 Å². The van der Waals surface area contributed by atoms with Gasteiger partial charge in [0.2, 0.25) is 0 Å². The van der Waals surface area contributed by atoms with Crippen LogP contribution in [0.2, 0.25) is 0 Å². The Hall–Kier alpha value is -10.1. The zero-order valence-corrected chi connectivity index (χ0v) is 40.9. The average molecular weight is 958 g/mol. The lowest BCUT2D eigenvalue weighted by Gasteiger charge is -2.25. The Morgan fingerprint density at radius 1 is 0.240 bits per heavy atom. The van der Waals surface area contributed by atoms with Gasteiger partial charge < -0.3 is 14.0 Å². The molecule has 0 atom stereocenters. The maximum Gasteiger partial charge on any atom is 0.160 e. The van der Waals surface area contributed by atoms with Crippen molar-refractivity contribution in [2.24, 2.45) is 0 Å². The van der Waals surface area contributed by atoms with Gasteiger partial charge in [-0.15, -0.1) is 0 Å². The second-order valence-electron chi connectivity index (χ2n) is 19.0. The summed E-state index contributed by atoms with van der Waals surface area (Å²) in [6, 6.07) is 102. The molecular weight excluding hydrogens is 911 g/mol. The van der Waals surface area contributed by atoms with Crippen LogP contribution in [0.25, 0.3) is 111 Å². The minimum Gasteiger partial charge on any atom is -0.310 e. The number of aromatic nitrogens is 4. The Morgan fingerprint density at radius 3 is 1.15 bits per heavy atom. The third-order valence-electron chi connectivity index (χ3n) is 14.5. The van der Waals surface area contributed by atoms with Crippen molar-refractivity contribution in [1.82, 2.24) is 19.1 Å². The number of anilines is 3. The molecule has 0 saturated heterocycles. The summed E-state index contributed by atoms with van der Waals surface area (Å²) in [6.07, 6.45) is 0. The summed E-state index contributed by atoms with van der Waals surface area (Å²) >= 11 is 0. The van der Waals surface area contributed by atoms with Gasteiger partial charge in [-0.2, -0.15) is 0 Å². The number of nitrogens with zero attached hydrogens (tertiary/aromatic N) is 5. The minimum atomic E-state index is 0.712. The second kappa shape index (κ2) is 18.5. The Balaban J connectivity index is 0.816. The summed E-state index contributed by atoms with van der Waals surface area (Å²) in [6.45, 7) is 0. The molecule has 0 radical (unpaired) electrons. The molecule has 75 heavy (non-hydrogen) atoms. The lowest BCUT2D eigenvalue weighted by molar-refractivity contribution is 1.16. The lowest BCUT2D eigenvalue weighted by atomic mass is 9.98. The van der Waals surface area contributed by atoms with Gasteiger partial charge in [-0.25, -0.2) is 9.97 Å². The standard InChI is InChI=1S/C70H47N5/c1-5-17-52(18-6-1)64-47-65(72-70(71-64)54-19-7-2-8-20-54)53-35-33-50(34-36-53)48-29-31-49(32-30-48)51-37-39-57(40-38-51)74-68-43-41-58(73(55-21-9-3-10-22-55)56-23-11-4-12-24-56)45-62(68)63-46-59(42-44-69(63)74)75-66-27-15-13-25-60(66)61-26-14-16-28-67(61)75/h1-47H. The minimum absolute atomic E-state index is 0.712. The Kier molecular flexibility index (Phi) is 10.8. The smallest absolute Gasteiger partial charge is 0.160 e. The fourth-order valence-electron chi connectivity index (χ4n) is 10.9. The third kappa shape index (κ3) is 7.91.